The third-order valence-corrected chi connectivity index (χ3v) is 8.68. The van der Waals surface area contributed by atoms with E-state index in [4.69, 9.17) is 9.15 Å². The molecule has 0 radical (unpaired) electrons. The number of para-hydroxylation sites is 1. The second-order valence-corrected chi connectivity index (χ2v) is 11.4. The molecule has 0 fully saturated rings. The van der Waals surface area contributed by atoms with Crippen molar-refractivity contribution >= 4 is 50.9 Å². The van der Waals surface area contributed by atoms with Gasteiger partial charge in [0.05, 0.1) is 11.6 Å². The fourth-order valence-electron chi connectivity index (χ4n) is 4.59. The zero-order chi connectivity index (χ0) is 29.2. The van der Waals surface area contributed by atoms with Crippen molar-refractivity contribution in [1.29, 1.82) is 0 Å². The summed E-state index contributed by atoms with van der Waals surface area (Å²) in [4.78, 5) is 28.6. The largest absolute Gasteiger partial charge is 0.503 e. The standard InChI is InChI=1S/C31H22FN3O5S2/c1-2-15-39-21-13-11-18(12-14-21)26-25(27(36)24-16-19-7-4-6-10-23(19)40-24)28(37)29(38)35(26)30-33-34-31(42-30)41-17-20-8-3-5-9-22(20)32/h2-14,16,26,37H,1,15,17H2/t26-/m1/s1. The van der Waals surface area contributed by atoms with E-state index in [1.165, 1.54) is 22.7 Å². The number of carbonyl (C=O) groups excluding carboxylic acids is 2. The van der Waals surface area contributed by atoms with Crippen LogP contribution in [0.5, 0.6) is 5.75 Å². The molecule has 8 nitrogen and oxygen atoms in total. The summed E-state index contributed by atoms with van der Waals surface area (Å²) in [7, 11) is 0. The number of ketones is 1. The first-order valence-electron chi connectivity index (χ1n) is 12.8. The molecule has 1 N–H and O–H groups in total. The van der Waals surface area contributed by atoms with E-state index in [9.17, 15) is 19.1 Å². The number of aliphatic hydroxyl groups excluding tert-OH is 1. The topological polar surface area (TPSA) is 106 Å². The molecule has 0 saturated heterocycles. The number of hydrogen-bond donors (Lipinski definition) is 1. The van der Waals surface area contributed by atoms with Crippen molar-refractivity contribution in [1.82, 2.24) is 10.2 Å². The number of anilines is 1. The van der Waals surface area contributed by atoms with Crippen LogP contribution in [-0.2, 0) is 10.5 Å². The molecular formula is C31H22FN3O5S2. The quantitative estimate of drug-likeness (QED) is 0.0787. The number of carbonyl (C=O) groups is 2. The number of halogens is 1. The van der Waals surface area contributed by atoms with Gasteiger partial charge >= 0.3 is 0 Å². The molecule has 42 heavy (non-hydrogen) atoms. The van der Waals surface area contributed by atoms with Crippen molar-refractivity contribution in [3.8, 4) is 5.75 Å². The maximum absolute atomic E-state index is 14.1. The van der Waals surface area contributed by atoms with Crippen molar-refractivity contribution in [2.24, 2.45) is 0 Å². The van der Waals surface area contributed by atoms with Crippen LogP contribution in [-0.4, -0.2) is 33.6 Å². The summed E-state index contributed by atoms with van der Waals surface area (Å²) in [6.07, 6.45) is 1.62. The Morgan fingerprint density at radius 1 is 1.12 bits per heavy atom. The van der Waals surface area contributed by atoms with Crippen LogP contribution in [0.3, 0.4) is 0 Å². The maximum atomic E-state index is 14.1. The summed E-state index contributed by atoms with van der Waals surface area (Å²) >= 11 is 2.37. The molecule has 0 saturated carbocycles. The van der Waals surface area contributed by atoms with Gasteiger partial charge in [0.1, 0.15) is 23.8 Å². The average Bonchev–Trinajstić information content (AvgIpc) is 3.72. The van der Waals surface area contributed by atoms with E-state index in [-0.39, 0.29) is 22.3 Å². The van der Waals surface area contributed by atoms with Gasteiger partial charge in [-0.25, -0.2) is 4.39 Å². The second-order valence-electron chi connectivity index (χ2n) is 9.22. The average molecular weight is 600 g/mol. The second kappa shape index (κ2) is 11.6. The van der Waals surface area contributed by atoms with Crippen LogP contribution < -0.4 is 9.64 Å². The smallest absolute Gasteiger partial charge is 0.296 e. The highest BCUT2D eigenvalue weighted by molar-refractivity contribution is 8.00. The van der Waals surface area contributed by atoms with E-state index in [2.05, 4.69) is 16.8 Å². The molecule has 5 aromatic rings. The van der Waals surface area contributed by atoms with Gasteiger partial charge in [-0.3, -0.25) is 14.5 Å². The normalized spacial score (nSPS) is 15.0. The molecule has 3 heterocycles. The van der Waals surface area contributed by atoms with Crippen molar-refractivity contribution in [3.63, 3.8) is 0 Å². The van der Waals surface area contributed by atoms with Crippen LogP contribution in [0.4, 0.5) is 9.52 Å². The number of aromatic nitrogens is 2. The molecule has 0 unspecified atom stereocenters. The summed E-state index contributed by atoms with van der Waals surface area (Å²) in [5, 5.41) is 20.4. The molecule has 6 rings (SSSR count). The van der Waals surface area contributed by atoms with E-state index >= 15 is 0 Å². The fourth-order valence-corrected chi connectivity index (χ4v) is 6.44. The van der Waals surface area contributed by atoms with E-state index in [1.807, 2.05) is 6.07 Å². The van der Waals surface area contributed by atoms with Crippen molar-refractivity contribution in [2.75, 3.05) is 11.5 Å². The Bertz CT molecular complexity index is 1810. The minimum absolute atomic E-state index is 0.0123. The Morgan fingerprint density at radius 2 is 1.88 bits per heavy atom. The monoisotopic (exact) mass is 599 g/mol. The van der Waals surface area contributed by atoms with Gasteiger partial charge in [-0.15, -0.1) is 10.2 Å². The van der Waals surface area contributed by atoms with E-state index < -0.39 is 23.5 Å². The lowest BCUT2D eigenvalue weighted by molar-refractivity contribution is -0.117. The lowest BCUT2D eigenvalue weighted by atomic mass is 9.95. The number of nitrogens with zero attached hydrogens (tertiary/aromatic N) is 3. The Labute approximate surface area is 247 Å². The molecule has 1 atom stereocenters. The lowest BCUT2D eigenvalue weighted by Gasteiger charge is -2.24. The Kier molecular flexibility index (Phi) is 7.60. The van der Waals surface area contributed by atoms with Crippen molar-refractivity contribution in [2.45, 2.75) is 16.1 Å². The van der Waals surface area contributed by atoms with Gasteiger partial charge in [0.25, 0.3) is 5.91 Å². The lowest BCUT2D eigenvalue weighted by Crippen LogP contribution is -2.31. The van der Waals surface area contributed by atoms with Gasteiger partial charge in [0.2, 0.25) is 10.9 Å². The van der Waals surface area contributed by atoms with Crippen LogP contribution >= 0.6 is 23.1 Å². The van der Waals surface area contributed by atoms with Crippen LogP contribution in [0.25, 0.3) is 11.0 Å². The number of thioether (sulfide) groups is 1. The molecule has 0 aliphatic carbocycles. The Morgan fingerprint density at radius 3 is 2.64 bits per heavy atom. The summed E-state index contributed by atoms with van der Waals surface area (Å²) in [5.41, 5.74) is 1.40. The summed E-state index contributed by atoms with van der Waals surface area (Å²) in [6.45, 7) is 3.95. The van der Waals surface area contributed by atoms with Crippen LogP contribution in [0.15, 0.2) is 112 Å². The van der Waals surface area contributed by atoms with Gasteiger partial charge in [-0.2, -0.15) is 0 Å². The minimum Gasteiger partial charge on any atom is -0.503 e. The molecule has 11 heteroatoms. The number of benzene rings is 3. The van der Waals surface area contributed by atoms with Gasteiger partial charge in [-0.05, 0) is 41.5 Å². The number of fused-ring (bicyclic) bond motifs is 1. The zero-order valence-corrected chi connectivity index (χ0v) is 23.5. The first-order valence-corrected chi connectivity index (χ1v) is 14.6. The number of hydrogen-bond acceptors (Lipinski definition) is 9. The molecule has 0 spiro atoms. The first-order chi connectivity index (χ1) is 20.4. The number of rotatable bonds is 10. The molecule has 2 aromatic heterocycles. The van der Waals surface area contributed by atoms with Crippen molar-refractivity contribution < 1.29 is 28.2 Å². The summed E-state index contributed by atoms with van der Waals surface area (Å²) < 4.78 is 26.0. The highest BCUT2D eigenvalue weighted by Crippen LogP contribution is 2.44. The highest BCUT2D eigenvalue weighted by atomic mass is 32.2. The zero-order valence-electron chi connectivity index (χ0n) is 21.9. The van der Waals surface area contributed by atoms with Gasteiger partial charge in [0, 0.05) is 11.1 Å². The molecule has 1 aliphatic rings. The number of ether oxygens (including phenoxy) is 1. The van der Waals surface area contributed by atoms with Crippen LogP contribution in [0.1, 0.15) is 27.7 Å². The Balaban J connectivity index is 1.36. The molecule has 1 aliphatic heterocycles. The van der Waals surface area contributed by atoms with E-state index in [0.717, 1.165) is 11.3 Å². The van der Waals surface area contributed by atoms with Gasteiger partial charge < -0.3 is 14.3 Å². The highest BCUT2D eigenvalue weighted by Gasteiger charge is 2.46. The number of furan rings is 1. The Hall–Kier alpha value is -4.74. The maximum Gasteiger partial charge on any atom is 0.296 e. The molecule has 3 aromatic carbocycles. The first kappa shape index (κ1) is 27.4. The number of amides is 1. The van der Waals surface area contributed by atoms with Crippen LogP contribution in [0, 0.1) is 5.82 Å². The van der Waals surface area contributed by atoms with Gasteiger partial charge in [-0.1, -0.05) is 84.3 Å². The predicted octanol–water partition coefficient (Wildman–Crippen LogP) is 7.06. The third kappa shape index (κ3) is 5.19. The number of Topliss-reactive ketones (excluding diaryl/α,β-unsaturated/α-hetero) is 1. The third-order valence-electron chi connectivity index (χ3n) is 6.58. The minimum atomic E-state index is -1.02. The van der Waals surface area contributed by atoms with Crippen molar-refractivity contribution in [3.05, 3.63) is 126 Å². The molecule has 1 amide bonds. The predicted molar refractivity (Wildman–Crippen MR) is 158 cm³/mol. The number of aliphatic hydroxyl groups is 1. The SMILES string of the molecule is C=CCOc1ccc([C@@H]2C(C(=O)c3cc4ccccc4o3)=C(O)C(=O)N2c2nnc(SCc3ccccc3F)s2)cc1. The van der Waals surface area contributed by atoms with Crippen LogP contribution in [0.2, 0.25) is 0 Å². The molecular weight excluding hydrogens is 577 g/mol. The van der Waals surface area contributed by atoms with Gasteiger partial charge in [0.15, 0.2) is 15.9 Å². The van der Waals surface area contributed by atoms with E-state index in [1.54, 1.807) is 72.8 Å². The summed E-state index contributed by atoms with van der Waals surface area (Å²) in [5.74, 6) is -1.59. The summed E-state index contributed by atoms with van der Waals surface area (Å²) in [6, 6.07) is 21.0. The molecule has 0 bridgehead atoms. The fraction of sp³-hybridized carbons (Fsp3) is 0.0968. The van der Waals surface area contributed by atoms with E-state index in [0.29, 0.717) is 44.5 Å². The molecule has 210 valence electrons.